The predicted octanol–water partition coefficient (Wildman–Crippen LogP) is 5.67. The maximum atomic E-state index is 12.4. The molecular weight excluding hydrogens is 422 g/mol. The van der Waals surface area contributed by atoms with Crippen LogP contribution in [0.25, 0.3) is 21.5 Å². The third-order valence-electron chi connectivity index (χ3n) is 4.52. The van der Waals surface area contributed by atoms with Crippen molar-refractivity contribution in [1.29, 1.82) is 0 Å². The van der Waals surface area contributed by atoms with E-state index in [-0.39, 0.29) is 6.42 Å². The van der Waals surface area contributed by atoms with Crippen molar-refractivity contribution in [1.82, 2.24) is 4.98 Å². The molecule has 30 heavy (non-hydrogen) atoms. The summed E-state index contributed by atoms with van der Waals surface area (Å²) in [5, 5.41) is 4.16. The van der Waals surface area contributed by atoms with E-state index in [1.165, 1.54) is 17.4 Å². The van der Waals surface area contributed by atoms with E-state index in [9.17, 15) is 9.59 Å². The summed E-state index contributed by atoms with van der Waals surface area (Å²) in [7, 11) is 0. The molecule has 5 nitrogen and oxygen atoms in total. The van der Waals surface area contributed by atoms with Gasteiger partial charge in [0.2, 0.25) is 0 Å². The van der Waals surface area contributed by atoms with Crippen LogP contribution in [-0.2, 0) is 17.6 Å². The van der Waals surface area contributed by atoms with Crippen molar-refractivity contribution < 1.29 is 13.9 Å². The van der Waals surface area contributed by atoms with Crippen LogP contribution >= 0.6 is 22.9 Å². The Kier molecular flexibility index (Phi) is 5.97. The van der Waals surface area contributed by atoms with Crippen LogP contribution in [0.3, 0.4) is 0 Å². The first kappa shape index (κ1) is 20.3. The van der Waals surface area contributed by atoms with Crippen molar-refractivity contribution in [2.45, 2.75) is 26.2 Å². The van der Waals surface area contributed by atoms with Gasteiger partial charge in [-0.3, -0.25) is 4.79 Å². The van der Waals surface area contributed by atoms with Crippen LogP contribution in [-0.4, -0.2) is 11.0 Å². The summed E-state index contributed by atoms with van der Waals surface area (Å²) in [6.07, 6.45) is 1.74. The Morgan fingerprint density at radius 1 is 1.17 bits per heavy atom. The second kappa shape index (κ2) is 8.81. The molecule has 0 saturated carbocycles. The van der Waals surface area contributed by atoms with Crippen LogP contribution < -0.4 is 10.4 Å². The molecule has 0 atom stereocenters. The fraction of sp³-hybridized carbons (Fsp3) is 0.174. The van der Waals surface area contributed by atoms with Crippen molar-refractivity contribution >= 4 is 39.9 Å². The van der Waals surface area contributed by atoms with Crippen molar-refractivity contribution in [3.8, 4) is 16.3 Å². The highest BCUT2D eigenvalue weighted by molar-refractivity contribution is 7.13. The van der Waals surface area contributed by atoms with Crippen LogP contribution in [0.5, 0.6) is 5.75 Å². The van der Waals surface area contributed by atoms with E-state index in [0.717, 1.165) is 34.4 Å². The standard InChI is InChI=1S/C23H18ClNO4S/c1-2-3-15-10-21(26)29-20-12-18(8-9-19(15)20)28-22(27)11-17-13-30-23(25-17)14-4-6-16(24)7-5-14/h4-10,12-13H,2-3,11H2,1H3. The number of aromatic nitrogens is 1. The molecule has 0 saturated heterocycles. The minimum absolute atomic E-state index is 0.0436. The smallest absolute Gasteiger partial charge is 0.336 e. The van der Waals surface area contributed by atoms with Gasteiger partial charge in [0.05, 0.1) is 12.1 Å². The van der Waals surface area contributed by atoms with Gasteiger partial charge in [0.15, 0.2) is 0 Å². The van der Waals surface area contributed by atoms with E-state index in [0.29, 0.717) is 22.0 Å². The third kappa shape index (κ3) is 4.61. The zero-order valence-corrected chi connectivity index (χ0v) is 17.8. The monoisotopic (exact) mass is 439 g/mol. The van der Waals surface area contributed by atoms with Gasteiger partial charge < -0.3 is 9.15 Å². The number of nitrogens with zero attached hydrogens (tertiary/aromatic N) is 1. The minimum atomic E-state index is -0.436. The molecule has 0 aliphatic heterocycles. The third-order valence-corrected chi connectivity index (χ3v) is 5.71. The number of hydrogen-bond acceptors (Lipinski definition) is 6. The topological polar surface area (TPSA) is 69.4 Å². The Labute approximate surface area is 181 Å². The molecule has 0 bridgehead atoms. The Morgan fingerprint density at radius 3 is 2.73 bits per heavy atom. The Bertz CT molecular complexity index is 1260. The molecule has 0 unspecified atom stereocenters. The van der Waals surface area contributed by atoms with Gasteiger partial charge in [-0.2, -0.15) is 0 Å². The minimum Gasteiger partial charge on any atom is -0.426 e. The van der Waals surface area contributed by atoms with Crippen molar-refractivity contribution in [2.75, 3.05) is 0 Å². The molecule has 2 aromatic heterocycles. The number of rotatable bonds is 6. The van der Waals surface area contributed by atoms with Crippen LogP contribution in [0.2, 0.25) is 5.02 Å². The Balaban J connectivity index is 1.48. The van der Waals surface area contributed by atoms with E-state index >= 15 is 0 Å². The second-order valence-corrected chi connectivity index (χ2v) is 8.09. The largest absolute Gasteiger partial charge is 0.426 e. The molecule has 0 N–H and O–H groups in total. The lowest BCUT2D eigenvalue weighted by Gasteiger charge is -2.07. The highest BCUT2D eigenvalue weighted by atomic mass is 35.5. The summed E-state index contributed by atoms with van der Waals surface area (Å²) in [5.41, 5.74) is 2.50. The van der Waals surface area contributed by atoms with Crippen LogP contribution in [0.1, 0.15) is 24.6 Å². The average molecular weight is 440 g/mol. The lowest BCUT2D eigenvalue weighted by Crippen LogP contribution is -2.11. The van der Waals surface area contributed by atoms with E-state index < -0.39 is 11.6 Å². The number of thiazole rings is 1. The van der Waals surface area contributed by atoms with Gasteiger partial charge in [0.1, 0.15) is 16.3 Å². The summed E-state index contributed by atoms with van der Waals surface area (Å²) in [5.74, 6) is -0.105. The van der Waals surface area contributed by atoms with E-state index in [4.69, 9.17) is 20.8 Å². The summed E-state index contributed by atoms with van der Waals surface area (Å²) < 4.78 is 10.7. The number of carbonyl (C=O) groups is 1. The van der Waals surface area contributed by atoms with Gasteiger partial charge >= 0.3 is 11.6 Å². The first-order valence-corrected chi connectivity index (χ1v) is 10.8. The first-order chi connectivity index (χ1) is 14.5. The maximum absolute atomic E-state index is 12.4. The fourth-order valence-electron chi connectivity index (χ4n) is 3.18. The van der Waals surface area contributed by atoms with Gasteiger partial charge in [-0.25, -0.2) is 9.78 Å². The van der Waals surface area contributed by atoms with Gasteiger partial charge in [-0.1, -0.05) is 37.1 Å². The zero-order chi connectivity index (χ0) is 21.1. The fourth-order valence-corrected chi connectivity index (χ4v) is 4.13. The second-order valence-electron chi connectivity index (χ2n) is 6.80. The number of hydrogen-bond donors (Lipinski definition) is 0. The Hall–Kier alpha value is -2.96. The van der Waals surface area contributed by atoms with Crippen molar-refractivity contribution in [3.05, 3.63) is 80.6 Å². The number of carbonyl (C=O) groups excluding carboxylic acids is 1. The molecule has 0 aliphatic rings. The quantitative estimate of drug-likeness (QED) is 0.220. The van der Waals surface area contributed by atoms with Gasteiger partial charge in [0, 0.05) is 33.5 Å². The molecule has 0 radical (unpaired) electrons. The van der Waals surface area contributed by atoms with Crippen molar-refractivity contribution in [3.63, 3.8) is 0 Å². The molecule has 152 valence electrons. The number of fused-ring (bicyclic) bond motifs is 1. The van der Waals surface area contributed by atoms with E-state index in [1.54, 1.807) is 24.3 Å². The molecule has 4 rings (SSSR count). The number of ether oxygens (including phenoxy) is 1. The number of esters is 1. The van der Waals surface area contributed by atoms with Gasteiger partial charge in [-0.05, 0) is 36.2 Å². The Morgan fingerprint density at radius 2 is 1.97 bits per heavy atom. The molecule has 0 amide bonds. The molecule has 0 spiro atoms. The normalized spacial score (nSPS) is 11.0. The highest BCUT2D eigenvalue weighted by Crippen LogP contribution is 2.26. The molecule has 2 aromatic carbocycles. The van der Waals surface area contributed by atoms with Gasteiger partial charge in [-0.15, -0.1) is 11.3 Å². The predicted molar refractivity (Wildman–Crippen MR) is 118 cm³/mol. The van der Waals surface area contributed by atoms with E-state index in [1.807, 2.05) is 30.5 Å². The SMILES string of the molecule is CCCc1cc(=O)oc2cc(OC(=O)Cc3csc(-c4ccc(Cl)cc4)n3)ccc12. The lowest BCUT2D eigenvalue weighted by molar-refractivity contribution is -0.133. The molecule has 0 aliphatic carbocycles. The number of aryl methyl sites for hydroxylation is 1. The van der Waals surface area contributed by atoms with Crippen LogP contribution in [0.15, 0.2) is 63.1 Å². The van der Waals surface area contributed by atoms with Crippen LogP contribution in [0, 0.1) is 0 Å². The first-order valence-electron chi connectivity index (χ1n) is 9.49. The molecule has 4 aromatic rings. The zero-order valence-electron chi connectivity index (χ0n) is 16.2. The van der Waals surface area contributed by atoms with Gasteiger partial charge in [0.25, 0.3) is 0 Å². The molecule has 7 heteroatoms. The summed E-state index contributed by atoms with van der Waals surface area (Å²) >= 11 is 7.37. The molecule has 0 fully saturated rings. The highest BCUT2D eigenvalue weighted by Gasteiger charge is 2.13. The van der Waals surface area contributed by atoms with Crippen LogP contribution in [0.4, 0.5) is 0 Å². The number of benzene rings is 2. The number of halogens is 1. The van der Waals surface area contributed by atoms with Crippen molar-refractivity contribution in [2.24, 2.45) is 0 Å². The summed E-state index contributed by atoms with van der Waals surface area (Å²) in [4.78, 5) is 28.7. The summed E-state index contributed by atoms with van der Waals surface area (Å²) in [6.45, 7) is 2.05. The maximum Gasteiger partial charge on any atom is 0.336 e. The molecular formula is C23H18ClNO4S. The summed E-state index contributed by atoms with van der Waals surface area (Å²) in [6, 6.07) is 14.0. The lowest BCUT2D eigenvalue weighted by atomic mass is 10.1. The van der Waals surface area contributed by atoms with E-state index in [2.05, 4.69) is 4.98 Å². The molecule has 2 heterocycles. The average Bonchev–Trinajstić information content (AvgIpc) is 3.16.